The van der Waals surface area contributed by atoms with Gasteiger partial charge in [-0.05, 0) is 70.1 Å². The highest BCUT2D eigenvalue weighted by Gasteiger charge is 2.41. The van der Waals surface area contributed by atoms with Crippen molar-refractivity contribution in [2.75, 3.05) is 19.6 Å². The first-order valence-corrected chi connectivity index (χ1v) is 18.5. The van der Waals surface area contributed by atoms with E-state index < -0.39 is 59.9 Å². The Morgan fingerprint density at radius 2 is 1.31 bits per heavy atom. The van der Waals surface area contributed by atoms with Gasteiger partial charge in [-0.15, -0.1) is 0 Å². The van der Waals surface area contributed by atoms with E-state index in [4.69, 9.17) is 6.92 Å². The van der Waals surface area contributed by atoms with E-state index in [1.807, 2.05) is 20.8 Å². The van der Waals surface area contributed by atoms with Crippen LogP contribution in [0.2, 0.25) is 0 Å². The maximum absolute atomic E-state index is 13.9. The summed E-state index contributed by atoms with van der Waals surface area (Å²) in [6.45, 7) is 16.3. The van der Waals surface area contributed by atoms with Crippen LogP contribution in [0.5, 0.6) is 0 Å². The third kappa shape index (κ3) is 11.1. The molecule has 3 aliphatic rings. The molecule has 13 nitrogen and oxygen atoms in total. The second kappa shape index (κ2) is 19.2. The van der Waals surface area contributed by atoms with Gasteiger partial charge >= 0.3 is 0 Å². The number of nitrogens with zero attached hydrogens (tertiary/aromatic N) is 2. The Bertz CT molecular complexity index is 1160. The van der Waals surface area contributed by atoms with E-state index in [0.717, 1.165) is 12.8 Å². The van der Waals surface area contributed by atoms with Gasteiger partial charge in [0.25, 0.3) is 0 Å². The van der Waals surface area contributed by atoms with Crippen molar-refractivity contribution in [2.24, 2.45) is 17.8 Å². The molecule has 2 aliphatic heterocycles. The minimum Gasteiger partial charge on any atom is -0.391 e. The predicted octanol–water partition coefficient (Wildman–Crippen LogP) is 1.69. The highest BCUT2D eigenvalue weighted by Crippen LogP contribution is 2.31. The molecule has 5 N–H and O–H groups in total. The van der Waals surface area contributed by atoms with Crippen molar-refractivity contribution in [3.8, 4) is 0 Å². The molecule has 7 atom stereocenters. The Hall–Kier alpha value is -3.22. The summed E-state index contributed by atoms with van der Waals surface area (Å²) in [5.41, 5.74) is 0. The zero-order valence-electron chi connectivity index (χ0n) is 30.2. The van der Waals surface area contributed by atoms with Crippen molar-refractivity contribution >= 4 is 35.4 Å². The largest absolute Gasteiger partial charge is 0.391 e. The number of piperidine rings is 1. The molecule has 3 fully saturated rings. The van der Waals surface area contributed by atoms with Crippen molar-refractivity contribution in [2.45, 2.75) is 148 Å². The lowest BCUT2D eigenvalue weighted by atomic mass is 9.79. The van der Waals surface area contributed by atoms with Gasteiger partial charge in [0.15, 0.2) is 0 Å². The molecule has 0 aromatic carbocycles. The highest BCUT2D eigenvalue weighted by molar-refractivity contribution is 5.97. The smallest absolute Gasteiger partial charge is 0.246 e. The maximum atomic E-state index is 13.9. The van der Waals surface area contributed by atoms with E-state index in [9.17, 15) is 33.9 Å². The quantitative estimate of drug-likeness (QED) is 0.174. The first-order valence-electron chi connectivity index (χ1n) is 18.5. The van der Waals surface area contributed by atoms with E-state index in [0.29, 0.717) is 64.0 Å². The van der Waals surface area contributed by atoms with Crippen LogP contribution in [0.1, 0.15) is 112 Å². The van der Waals surface area contributed by atoms with Crippen LogP contribution in [0.25, 0.3) is 0 Å². The van der Waals surface area contributed by atoms with Gasteiger partial charge < -0.3 is 36.2 Å². The minimum atomic E-state index is -1.47. The zero-order chi connectivity index (χ0) is 36.2. The molecular formula is C36H60N6O7. The highest BCUT2D eigenvalue weighted by atomic mass is 16.3. The third-order valence-corrected chi connectivity index (χ3v) is 10.3. The lowest BCUT2D eigenvalue weighted by Gasteiger charge is -2.38. The van der Waals surface area contributed by atoms with Crippen molar-refractivity contribution in [3.63, 3.8) is 0 Å². The monoisotopic (exact) mass is 688 g/mol. The fourth-order valence-corrected chi connectivity index (χ4v) is 7.36. The molecule has 3 rings (SSSR count). The standard InChI is InChI=1S/C36H60N6O7/c1-7-18-37-34(47)31(25(6)43)40-33(46)28-17-13-20-41(28)35(48)24(5)38-32(45)27-16-11-12-19-42(27)36(49)30(22(2)3)39-29(44)21-23(4)26-14-9-8-10-15-26/h5,22-28,30-31,43H,7-21H2,1-4,6H3,(H,37,47)(H,38,45)(H,39,44)(H,40,46)/t23-,24-,25?,27-,28-,30-,31-/m0/s1. The number of aliphatic hydroxyl groups is 1. The summed E-state index contributed by atoms with van der Waals surface area (Å²) in [5, 5.41) is 20.9. The summed E-state index contributed by atoms with van der Waals surface area (Å²) in [4.78, 5) is 82.6. The Labute approximate surface area is 292 Å². The van der Waals surface area contributed by atoms with Crippen LogP contribution in [0.4, 0.5) is 0 Å². The number of amides is 6. The molecule has 6 amide bonds. The fourth-order valence-electron chi connectivity index (χ4n) is 7.36. The predicted molar refractivity (Wildman–Crippen MR) is 184 cm³/mol. The lowest BCUT2D eigenvalue weighted by Crippen LogP contribution is -2.61. The molecule has 2 heterocycles. The number of rotatable bonds is 15. The summed E-state index contributed by atoms with van der Waals surface area (Å²) in [7, 11) is 0. The van der Waals surface area contributed by atoms with Crippen LogP contribution >= 0.6 is 0 Å². The molecule has 2 radical (unpaired) electrons. The lowest BCUT2D eigenvalue weighted by molar-refractivity contribution is -0.147. The third-order valence-electron chi connectivity index (χ3n) is 10.3. The molecule has 0 bridgehead atoms. The summed E-state index contributed by atoms with van der Waals surface area (Å²) in [6, 6.07) is -5.26. The van der Waals surface area contributed by atoms with Crippen molar-refractivity contribution in [3.05, 3.63) is 6.92 Å². The topological polar surface area (TPSA) is 177 Å². The van der Waals surface area contributed by atoms with Gasteiger partial charge in [0.05, 0.1) is 6.10 Å². The first-order chi connectivity index (χ1) is 23.3. The molecule has 276 valence electrons. The Balaban J connectivity index is 1.62. The number of carbonyl (C=O) groups is 6. The first kappa shape index (κ1) is 40.2. The van der Waals surface area contributed by atoms with E-state index >= 15 is 0 Å². The van der Waals surface area contributed by atoms with Gasteiger partial charge in [-0.25, -0.2) is 0 Å². The van der Waals surface area contributed by atoms with Crippen LogP contribution in [-0.4, -0.2) is 106 Å². The van der Waals surface area contributed by atoms with Crippen molar-refractivity contribution in [1.82, 2.24) is 31.1 Å². The number of hydrogen-bond donors (Lipinski definition) is 5. The van der Waals surface area contributed by atoms with Crippen LogP contribution in [0, 0.1) is 24.7 Å². The molecule has 13 heteroatoms. The van der Waals surface area contributed by atoms with E-state index in [1.54, 1.807) is 0 Å². The Kier molecular flexibility index (Phi) is 15.8. The number of hydrogen-bond acceptors (Lipinski definition) is 7. The van der Waals surface area contributed by atoms with Gasteiger partial charge in [0.1, 0.15) is 30.2 Å². The van der Waals surface area contributed by atoms with E-state index in [-0.39, 0.29) is 30.2 Å². The molecule has 1 saturated carbocycles. The second-order valence-corrected chi connectivity index (χ2v) is 14.6. The fraction of sp³-hybridized carbons (Fsp3) is 0.806. The molecular weight excluding hydrogens is 628 g/mol. The summed E-state index contributed by atoms with van der Waals surface area (Å²) in [6.07, 6.45) is 8.37. The number of nitrogens with one attached hydrogen (secondary N) is 4. The molecule has 1 unspecified atom stereocenters. The average Bonchev–Trinajstić information content (AvgIpc) is 3.58. The number of carbonyl (C=O) groups excluding carboxylic acids is 6. The minimum absolute atomic E-state index is 0.165. The van der Waals surface area contributed by atoms with E-state index in [2.05, 4.69) is 28.2 Å². The van der Waals surface area contributed by atoms with E-state index in [1.165, 1.54) is 36.0 Å². The Morgan fingerprint density at radius 3 is 1.92 bits per heavy atom. The molecule has 0 spiro atoms. The molecule has 49 heavy (non-hydrogen) atoms. The SMILES string of the molecule is [CH][C@H](NC(=O)[C@@H]1CCCCN1C(=O)[C@@H](NC(=O)C[C@H](C)C1CCCCC1)C(C)C)C(=O)N1CCC[C@H]1C(=O)N[C@H](C(=O)NCCC)C(C)O. The molecule has 0 aromatic heterocycles. The van der Waals surface area contributed by atoms with Gasteiger partial charge in [-0.2, -0.15) is 0 Å². The van der Waals surface area contributed by atoms with Crippen molar-refractivity contribution in [1.29, 1.82) is 0 Å². The summed E-state index contributed by atoms with van der Waals surface area (Å²) < 4.78 is 0. The molecule has 2 saturated heterocycles. The summed E-state index contributed by atoms with van der Waals surface area (Å²) >= 11 is 0. The molecule has 1 aliphatic carbocycles. The molecule has 0 aromatic rings. The average molecular weight is 689 g/mol. The maximum Gasteiger partial charge on any atom is 0.246 e. The van der Waals surface area contributed by atoms with Gasteiger partial charge in [-0.3, -0.25) is 28.8 Å². The van der Waals surface area contributed by atoms with Crippen molar-refractivity contribution < 1.29 is 33.9 Å². The number of likely N-dealkylation sites (tertiary alicyclic amines) is 2. The van der Waals surface area contributed by atoms with Crippen LogP contribution in [-0.2, 0) is 28.8 Å². The van der Waals surface area contributed by atoms with Crippen LogP contribution in [0.3, 0.4) is 0 Å². The Morgan fingerprint density at radius 1 is 0.735 bits per heavy atom. The number of aliphatic hydroxyl groups excluding tert-OH is 1. The normalized spacial score (nSPS) is 23.2. The van der Waals surface area contributed by atoms with Crippen LogP contribution < -0.4 is 21.3 Å². The summed E-state index contributed by atoms with van der Waals surface area (Å²) in [5.74, 6) is -2.33. The second-order valence-electron chi connectivity index (χ2n) is 14.6. The zero-order valence-corrected chi connectivity index (χ0v) is 30.2. The van der Waals surface area contributed by atoms with Gasteiger partial charge in [0, 0.05) is 26.1 Å². The van der Waals surface area contributed by atoms with Crippen LogP contribution in [0.15, 0.2) is 0 Å². The van der Waals surface area contributed by atoms with Gasteiger partial charge in [-0.1, -0.05) is 59.8 Å². The van der Waals surface area contributed by atoms with Gasteiger partial charge in [0.2, 0.25) is 35.4 Å².